The third-order valence-electron chi connectivity index (χ3n) is 2.27. The van der Waals surface area contributed by atoms with Crippen molar-refractivity contribution in [1.82, 2.24) is 0 Å². The summed E-state index contributed by atoms with van der Waals surface area (Å²) in [5, 5.41) is 0. The van der Waals surface area contributed by atoms with Crippen molar-refractivity contribution in [3.8, 4) is 5.75 Å². The fourth-order valence-electron chi connectivity index (χ4n) is 1.15. The number of ether oxygens (including phenoxy) is 1. The van der Waals surface area contributed by atoms with E-state index < -0.39 is 18.3 Å². The lowest BCUT2D eigenvalue weighted by molar-refractivity contribution is -0.184. The molecular formula is C10H10F5NO. The largest absolute Gasteiger partial charge is 0.435 e. The van der Waals surface area contributed by atoms with Crippen molar-refractivity contribution in [2.24, 2.45) is 5.73 Å². The average molecular weight is 255 g/mol. The number of hydrogen-bond acceptors (Lipinski definition) is 2. The van der Waals surface area contributed by atoms with Crippen molar-refractivity contribution < 1.29 is 26.7 Å². The number of alkyl halides is 5. The van der Waals surface area contributed by atoms with E-state index in [9.17, 15) is 22.0 Å². The van der Waals surface area contributed by atoms with Gasteiger partial charge in [0.05, 0.1) is 0 Å². The number of benzene rings is 1. The summed E-state index contributed by atoms with van der Waals surface area (Å²) < 4.78 is 65.3. The van der Waals surface area contributed by atoms with E-state index in [-0.39, 0.29) is 11.3 Å². The van der Waals surface area contributed by atoms with E-state index in [2.05, 4.69) is 4.74 Å². The number of rotatable bonds is 3. The Balaban J connectivity index is 2.95. The molecule has 0 radical (unpaired) electrons. The summed E-state index contributed by atoms with van der Waals surface area (Å²) in [6, 6.07) is 4.03. The van der Waals surface area contributed by atoms with Gasteiger partial charge in [0, 0.05) is 0 Å². The standard InChI is InChI=1S/C10H10F5NO/c1-9(16,10(13,14)15)6-2-4-7(5-3-6)17-8(11)12/h2-5,8H,16H2,1H3. The Labute approximate surface area is 94.2 Å². The summed E-state index contributed by atoms with van der Waals surface area (Å²) in [6.45, 7) is -2.22. The van der Waals surface area contributed by atoms with Crippen molar-refractivity contribution >= 4 is 0 Å². The minimum Gasteiger partial charge on any atom is -0.435 e. The highest BCUT2D eigenvalue weighted by atomic mass is 19.4. The SMILES string of the molecule is CC(N)(c1ccc(OC(F)F)cc1)C(F)(F)F. The molecule has 1 aromatic rings. The van der Waals surface area contributed by atoms with Gasteiger partial charge in [-0.1, -0.05) is 12.1 Å². The van der Waals surface area contributed by atoms with Crippen LogP contribution in [0.5, 0.6) is 5.75 Å². The molecule has 96 valence electrons. The van der Waals surface area contributed by atoms with E-state index in [0.717, 1.165) is 31.2 Å². The van der Waals surface area contributed by atoms with Gasteiger partial charge in [-0.3, -0.25) is 0 Å². The molecule has 1 rings (SSSR count). The Morgan fingerprint density at radius 2 is 1.59 bits per heavy atom. The predicted octanol–water partition coefficient (Wildman–Crippen LogP) is 3.02. The minimum atomic E-state index is -4.63. The highest BCUT2D eigenvalue weighted by Gasteiger charge is 2.49. The summed E-state index contributed by atoms with van der Waals surface area (Å²) in [5.74, 6) is -0.221. The molecule has 2 nitrogen and oxygen atoms in total. The highest BCUT2D eigenvalue weighted by Crippen LogP contribution is 2.36. The molecule has 0 heterocycles. The minimum absolute atomic E-state index is 0.221. The molecule has 0 fully saturated rings. The second-order valence-corrected chi connectivity index (χ2v) is 3.60. The highest BCUT2D eigenvalue weighted by molar-refractivity contribution is 5.32. The smallest absolute Gasteiger partial charge is 0.410 e. The van der Waals surface area contributed by atoms with Gasteiger partial charge in [0.1, 0.15) is 11.3 Å². The molecule has 17 heavy (non-hydrogen) atoms. The zero-order valence-corrected chi connectivity index (χ0v) is 8.76. The van der Waals surface area contributed by atoms with Crippen molar-refractivity contribution in [2.75, 3.05) is 0 Å². The van der Waals surface area contributed by atoms with E-state index >= 15 is 0 Å². The molecule has 1 unspecified atom stereocenters. The first-order valence-electron chi connectivity index (χ1n) is 4.55. The normalized spacial score (nSPS) is 15.8. The maximum Gasteiger partial charge on any atom is 0.410 e. The molecule has 0 saturated carbocycles. The van der Waals surface area contributed by atoms with Crippen LogP contribution in [0.1, 0.15) is 12.5 Å². The predicted molar refractivity (Wildman–Crippen MR) is 50.7 cm³/mol. The topological polar surface area (TPSA) is 35.2 Å². The Kier molecular flexibility index (Phi) is 3.61. The van der Waals surface area contributed by atoms with Crippen LogP contribution < -0.4 is 10.5 Å². The van der Waals surface area contributed by atoms with Crippen LogP contribution in [0.3, 0.4) is 0 Å². The molecule has 0 aromatic heterocycles. The molecule has 0 bridgehead atoms. The fourth-order valence-corrected chi connectivity index (χ4v) is 1.15. The molecular weight excluding hydrogens is 245 g/mol. The first-order valence-corrected chi connectivity index (χ1v) is 4.55. The first kappa shape index (κ1) is 13.7. The maximum atomic E-state index is 12.6. The molecule has 7 heteroatoms. The van der Waals surface area contributed by atoms with E-state index in [1.54, 1.807) is 0 Å². The molecule has 0 spiro atoms. The maximum absolute atomic E-state index is 12.6. The summed E-state index contributed by atoms with van der Waals surface area (Å²) in [4.78, 5) is 0. The lowest BCUT2D eigenvalue weighted by Crippen LogP contribution is -2.47. The van der Waals surface area contributed by atoms with Gasteiger partial charge in [-0.15, -0.1) is 0 Å². The Hall–Kier alpha value is -1.37. The van der Waals surface area contributed by atoms with Gasteiger partial charge in [0.25, 0.3) is 0 Å². The summed E-state index contributed by atoms with van der Waals surface area (Å²) >= 11 is 0. The molecule has 0 aliphatic carbocycles. The third-order valence-corrected chi connectivity index (χ3v) is 2.27. The van der Waals surface area contributed by atoms with Gasteiger partial charge in [-0.25, -0.2) is 0 Å². The van der Waals surface area contributed by atoms with Crippen LogP contribution in [-0.4, -0.2) is 12.8 Å². The van der Waals surface area contributed by atoms with E-state index in [0.29, 0.717) is 0 Å². The van der Waals surface area contributed by atoms with Crippen LogP contribution in [0.4, 0.5) is 22.0 Å². The van der Waals surface area contributed by atoms with Gasteiger partial charge in [0.2, 0.25) is 0 Å². The van der Waals surface area contributed by atoms with Crippen molar-refractivity contribution in [3.05, 3.63) is 29.8 Å². The van der Waals surface area contributed by atoms with E-state index in [4.69, 9.17) is 5.73 Å². The lowest BCUT2D eigenvalue weighted by atomic mass is 9.92. The molecule has 0 saturated heterocycles. The first-order chi connectivity index (χ1) is 7.64. The van der Waals surface area contributed by atoms with Crippen LogP contribution in [0.15, 0.2) is 24.3 Å². The molecule has 0 aliphatic rings. The van der Waals surface area contributed by atoms with Crippen LogP contribution >= 0.6 is 0 Å². The zero-order valence-electron chi connectivity index (χ0n) is 8.76. The van der Waals surface area contributed by atoms with Crippen LogP contribution in [0, 0.1) is 0 Å². The number of hydrogen-bond donors (Lipinski definition) is 1. The fraction of sp³-hybridized carbons (Fsp3) is 0.400. The summed E-state index contributed by atoms with van der Waals surface area (Å²) in [5.41, 5.74) is 2.39. The van der Waals surface area contributed by atoms with Crippen LogP contribution in [0.25, 0.3) is 0 Å². The Morgan fingerprint density at radius 3 is 1.94 bits per heavy atom. The lowest BCUT2D eigenvalue weighted by Gasteiger charge is -2.28. The van der Waals surface area contributed by atoms with Gasteiger partial charge < -0.3 is 10.5 Å². The van der Waals surface area contributed by atoms with Gasteiger partial charge in [0.15, 0.2) is 0 Å². The zero-order chi connectivity index (χ0) is 13.3. The molecule has 1 aromatic carbocycles. The monoisotopic (exact) mass is 255 g/mol. The molecule has 0 aliphatic heterocycles. The Bertz CT molecular complexity index is 371. The number of nitrogens with two attached hydrogens (primary N) is 1. The van der Waals surface area contributed by atoms with Crippen molar-refractivity contribution in [3.63, 3.8) is 0 Å². The summed E-state index contributed by atoms with van der Waals surface area (Å²) in [7, 11) is 0. The third kappa shape index (κ3) is 3.06. The van der Waals surface area contributed by atoms with Gasteiger partial charge in [-0.05, 0) is 24.6 Å². The summed E-state index contributed by atoms with van der Waals surface area (Å²) in [6.07, 6.45) is -4.63. The van der Waals surface area contributed by atoms with Crippen LogP contribution in [-0.2, 0) is 5.54 Å². The van der Waals surface area contributed by atoms with Gasteiger partial charge in [-0.2, -0.15) is 22.0 Å². The van der Waals surface area contributed by atoms with E-state index in [1.165, 1.54) is 0 Å². The second kappa shape index (κ2) is 4.48. The second-order valence-electron chi connectivity index (χ2n) is 3.60. The molecule has 1 atom stereocenters. The number of halogens is 5. The van der Waals surface area contributed by atoms with Gasteiger partial charge >= 0.3 is 12.8 Å². The van der Waals surface area contributed by atoms with E-state index in [1.807, 2.05) is 0 Å². The van der Waals surface area contributed by atoms with Crippen molar-refractivity contribution in [2.45, 2.75) is 25.3 Å². The molecule has 2 N–H and O–H groups in total. The van der Waals surface area contributed by atoms with Crippen molar-refractivity contribution in [1.29, 1.82) is 0 Å². The quantitative estimate of drug-likeness (QED) is 0.842. The Morgan fingerprint density at radius 1 is 1.12 bits per heavy atom. The molecule has 0 amide bonds. The average Bonchev–Trinajstić information content (AvgIpc) is 2.15. The van der Waals surface area contributed by atoms with Crippen LogP contribution in [0.2, 0.25) is 0 Å².